The molecular weight excluding hydrogens is 516 g/mol. The average molecular weight is 535 g/mol. The van der Waals surface area contributed by atoms with Gasteiger partial charge < -0.3 is 18.9 Å². The second kappa shape index (κ2) is 11.7. The first-order valence-electron chi connectivity index (χ1n) is 9.89. The van der Waals surface area contributed by atoms with Gasteiger partial charge in [0, 0.05) is 17.2 Å². The van der Waals surface area contributed by atoms with E-state index >= 15 is 0 Å². The second-order valence-electron chi connectivity index (χ2n) is 6.95. The number of methoxy groups -OCH3 is 3. The molecule has 0 spiro atoms. The summed E-state index contributed by atoms with van der Waals surface area (Å²) in [5.74, 6) is -3.63. The molecule has 14 heteroatoms. The third-order valence-electron chi connectivity index (χ3n) is 4.57. The number of ether oxygens (including phenoxy) is 4. The number of halogens is 6. The number of allylic oxidation sites excluding steroid dienone is 1. The van der Waals surface area contributed by atoms with Crippen LogP contribution in [-0.2, 0) is 4.79 Å². The number of Topliss-reactive ketones (excluding diaryl/α,β-unsaturated/α-hetero) is 1. The van der Waals surface area contributed by atoms with Gasteiger partial charge in [-0.1, -0.05) is 6.07 Å². The molecule has 37 heavy (non-hydrogen) atoms. The molecule has 0 atom stereocenters. The topological polar surface area (TPSA) is 103 Å². The van der Waals surface area contributed by atoms with Crippen molar-refractivity contribution in [2.24, 2.45) is 0 Å². The second-order valence-corrected chi connectivity index (χ2v) is 6.95. The number of carbonyl (C=O) groups is 2. The molecule has 0 bridgehead atoms. The van der Waals surface area contributed by atoms with Gasteiger partial charge in [0.15, 0.2) is 17.3 Å². The van der Waals surface area contributed by atoms with Crippen LogP contribution in [-0.4, -0.2) is 50.8 Å². The smallest absolute Gasteiger partial charge is 0.493 e. The van der Waals surface area contributed by atoms with E-state index in [0.29, 0.717) is 18.2 Å². The summed E-state index contributed by atoms with van der Waals surface area (Å²) in [6.45, 7) is 0. The summed E-state index contributed by atoms with van der Waals surface area (Å²) in [5.41, 5.74) is -1.77. The summed E-state index contributed by atoms with van der Waals surface area (Å²) >= 11 is 0. The van der Waals surface area contributed by atoms with Crippen LogP contribution in [0.1, 0.15) is 21.5 Å². The monoisotopic (exact) mass is 535 g/mol. The molecule has 0 aliphatic carbocycles. The Hall–Kier alpha value is -4.20. The Kier molecular flexibility index (Phi) is 9.17. The van der Waals surface area contributed by atoms with E-state index in [1.807, 2.05) is 0 Å². The number of amides is 1. The minimum Gasteiger partial charge on any atom is -0.493 e. The molecule has 2 aromatic carbocycles. The number of benzene rings is 2. The molecule has 2 aromatic rings. The Morgan fingerprint density at radius 2 is 1.49 bits per heavy atom. The van der Waals surface area contributed by atoms with E-state index in [1.54, 1.807) is 0 Å². The fourth-order valence-corrected chi connectivity index (χ4v) is 3.02. The van der Waals surface area contributed by atoms with Crippen molar-refractivity contribution < 1.29 is 60.1 Å². The third-order valence-corrected chi connectivity index (χ3v) is 4.57. The molecule has 1 amide bonds. The van der Waals surface area contributed by atoms with Crippen molar-refractivity contribution in [2.75, 3.05) is 21.3 Å². The van der Waals surface area contributed by atoms with Crippen LogP contribution in [0.15, 0.2) is 42.0 Å². The van der Waals surface area contributed by atoms with Gasteiger partial charge in [0.05, 0.1) is 21.3 Å². The average Bonchev–Trinajstić information content (AvgIpc) is 2.83. The van der Waals surface area contributed by atoms with E-state index in [0.717, 1.165) is 30.3 Å². The number of hydrogen-bond donors (Lipinski definition) is 2. The summed E-state index contributed by atoms with van der Waals surface area (Å²) in [7, 11) is 3.65. The molecule has 2 rings (SSSR count). The van der Waals surface area contributed by atoms with E-state index in [1.165, 1.54) is 26.8 Å². The van der Waals surface area contributed by atoms with Gasteiger partial charge in [0.25, 0.3) is 5.91 Å². The molecule has 8 nitrogen and oxygen atoms in total. The molecule has 0 saturated heterocycles. The van der Waals surface area contributed by atoms with Crippen LogP contribution in [0.5, 0.6) is 23.0 Å². The summed E-state index contributed by atoms with van der Waals surface area (Å²) in [4.78, 5) is 24.1. The first-order chi connectivity index (χ1) is 17.2. The van der Waals surface area contributed by atoms with Crippen molar-refractivity contribution in [1.82, 2.24) is 5.48 Å². The van der Waals surface area contributed by atoms with Gasteiger partial charge in [-0.25, -0.2) is 5.48 Å². The molecule has 0 radical (unpaired) electrons. The highest BCUT2D eigenvalue weighted by Gasteiger charge is 2.39. The normalized spacial score (nSPS) is 12.3. The zero-order valence-corrected chi connectivity index (χ0v) is 19.3. The van der Waals surface area contributed by atoms with Crippen LogP contribution >= 0.6 is 0 Å². The van der Waals surface area contributed by atoms with Crippen LogP contribution < -0.4 is 24.4 Å². The Labute approximate surface area is 205 Å². The standard InChI is InChI=1S/C23H19F6NO7/c1-34-17-10-14(11-18(35-2)21(17)36-3)20(32)15(22(24,25)26)9-12-4-6-16(37-23(27,28)29)13(8-12)5-7-19(31)30-33/h4-11,33H,1-3H3,(H,30,31)/b7-5+,15-9-. The van der Waals surface area contributed by atoms with Gasteiger partial charge in [0.1, 0.15) is 11.3 Å². The van der Waals surface area contributed by atoms with Crippen molar-refractivity contribution in [1.29, 1.82) is 0 Å². The minimum atomic E-state index is -5.19. The lowest BCUT2D eigenvalue weighted by atomic mass is 9.98. The molecule has 0 aliphatic rings. The third kappa shape index (κ3) is 7.64. The molecule has 0 fully saturated rings. The van der Waals surface area contributed by atoms with Gasteiger partial charge in [-0.15, -0.1) is 13.2 Å². The summed E-state index contributed by atoms with van der Waals surface area (Å²) in [6, 6.07) is 4.37. The summed E-state index contributed by atoms with van der Waals surface area (Å²) < 4.78 is 98.9. The van der Waals surface area contributed by atoms with Gasteiger partial charge in [-0.05, 0) is 42.0 Å². The Bertz CT molecular complexity index is 1190. The Morgan fingerprint density at radius 1 is 0.892 bits per heavy atom. The summed E-state index contributed by atoms with van der Waals surface area (Å²) in [5, 5.41) is 8.55. The fourth-order valence-electron chi connectivity index (χ4n) is 3.02. The predicted molar refractivity (Wildman–Crippen MR) is 117 cm³/mol. The molecule has 0 heterocycles. The zero-order chi connectivity index (χ0) is 28.0. The maximum absolute atomic E-state index is 13.9. The molecular formula is C23H19F6NO7. The van der Waals surface area contributed by atoms with E-state index in [-0.39, 0.29) is 22.8 Å². The van der Waals surface area contributed by atoms with Crippen LogP contribution in [0.25, 0.3) is 12.2 Å². The number of carbonyl (C=O) groups excluding carboxylic acids is 2. The van der Waals surface area contributed by atoms with E-state index < -0.39 is 46.7 Å². The number of alkyl halides is 6. The highest BCUT2D eigenvalue weighted by Crippen LogP contribution is 2.40. The molecule has 0 unspecified atom stereocenters. The van der Waals surface area contributed by atoms with Gasteiger partial charge in [0.2, 0.25) is 5.75 Å². The maximum Gasteiger partial charge on any atom is 0.573 e. The lowest BCUT2D eigenvalue weighted by Crippen LogP contribution is -2.20. The lowest BCUT2D eigenvalue weighted by Gasteiger charge is -2.16. The highest BCUT2D eigenvalue weighted by molar-refractivity contribution is 6.12. The van der Waals surface area contributed by atoms with E-state index in [9.17, 15) is 35.9 Å². The molecule has 200 valence electrons. The van der Waals surface area contributed by atoms with Crippen LogP contribution in [0.4, 0.5) is 26.3 Å². The van der Waals surface area contributed by atoms with Crippen LogP contribution in [0, 0.1) is 0 Å². The molecule has 0 saturated carbocycles. The minimum absolute atomic E-state index is 0.0303. The van der Waals surface area contributed by atoms with Gasteiger partial charge in [-0.3, -0.25) is 14.8 Å². The van der Waals surface area contributed by atoms with Crippen molar-refractivity contribution >= 4 is 23.8 Å². The van der Waals surface area contributed by atoms with Gasteiger partial charge >= 0.3 is 12.5 Å². The number of rotatable bonds is 9. The largest absolute Gasteiger partial charge is 0.573 e. The first kappa shape index (κ1) is 29.0. The Morgan fingerprint density at radius 3 is 1.95 bits per heavy atom. The van der Waals surface area contributed by atoms with E-state index in [4.69, 9.17) is 19.4 Å². The zero-order valence-electron chi connectivity index (χ0n) is 19.3. The lowest BCUT2D eigenvalue weighted by molar-refractivity contribution is -0.274. The molecule has 0 aromatic heterocycles. The fraction of sp³-hybridized carbons (Fsp3) is 0.217. The van der Waals surface area contributed by atoms with Crippen molar-refractivity contribution in [3.8, 4) is 23.0 Å². The first-order valence-corrected chi connectivity index (χ1v) is 9.89. The quantitative estimate of drug-likeness (QED) is 0.154. The number of nitrogens with one attached hydrogen (secondary N) is 1. The van der Waals surface area contributed by atoms with Crippen molar-refractivity contribution in [3.05, 3.63) is 58.7 Å². The number of hydroxylamine groups is 1. The highest BCUT2D eigenvalue weighted by atomic mass is 19.4. The maximum atomic E-state index is 13.9. The predicted octanol–water partition coefficient (Wildman–Crippen LogP) is 4.96. The van der Waals surface area contributed by atoms with Crippen molar-refractivity contribution in [2.45, 2.75) is 12.5 Å². The van der Waals surface area contributed by atoms with Gasteiger partial charge in [-0.2, -0.15) is 13.2 Å². The molecule has 2 N–H and O–H groups in total. The van der Waals surface area contributed by atoms with E-state index in [2.05, 4.69) is 4.74 Å². The van der Waals surface area contributed by atoms with Crippen LogP contribution in [0.3, 0.4) is 0 Å². The van der Waals surface area contributed by atoms with Crippen molar-refractivity contribution in [3.63, 3.8) is 0 Å². The molecule has 0 aliphatic heterocycles. The number of hydrogen-bond acceptors (Lipinski definition) is 7. The van der Waals surface area contributed by atoms with Crippen LogP contribution in [0.2, 0.25) is 0 Å². The summed E-state index contributed by atoms with van der Waals surface area (Å²) in [6.07, 6.45) is -8.56. The Balaban J connectivity index is 2.66. The SMILES string of the molecule is COc1cc(C(=O)/C(=C/c2ccc(OC(F)(F)F)c(/C=C/C(=O)NO)c2)C(F)(F)F)cc(OC)c1OC. The number of ketones is 1.